The van der Waals surface area contributed by atoms with Gasteiger partial charge in [-0.1, -0.05) is 0 Å². The van der Waals surface area contributed by atoms with Gasteiger partial charge in [-0.05, 0) is 36.6 Å². The lowest BCUT2D eigenvalue weighted by molar-refractivity contribution is 0.0965. The zero-order valence-electron chi connectivity index (χ0n) is 9.86. The van der Waals surface area contributed by atoms with Crippen LogP contribution in [0.5, 0.6) is 0 Å². The van der Waals surface area contributed by atoms with Crippen LogP contribution < -0.4 is 4.90 Å². The Morgan fingerprint density at radius 1 is 1.35 bits per heavy atom. The van der Waals surface area contributed by atoms with E-state index < -0.39 is 0 Å². The average molecular weight is 239 g/mol. The van der Waals surface area contributed by atoms with Gasteiger partial charge in [0.1, 0.15) is 5.82 Å². The van der Waals surface area contributed by atoms with E-state index in [-0.39, 0.29) is 12.4 Å². The van der Waals surface area contributed by atoms with Gasteiger partial charge in [0.25, 0.3) is 0 Å². The third-order valence-corrected chi connectivity index (χ3v) is 3.00. The van der Waals surface area contributed by atoms with Gasteiger partial charge in [0.2, 0.25) is 0 Å². The van der Waals surface area contributed by atoms with Gasteiger partial charge < -0.3 is 14.7 Å². The van der Waals surface area contributed by atoms with E-state index in [1.807, 2.05) is 6.07 Å². The molecule has 1 aliphatic heterocycles. The molecular weight excluding hydrogens is 221 g/mol. The van der Waals surface area contributed by atoms with Crippen molar-refractivity contribution in [1.29, 1.82) is 0 Å². The van der Waals surface area contributed by atoms with Gasteiger partial charge in [-0.25, -0.2) is 4.39 Å². The van der Waals surface area contributed by atoms with Gasteiger partial charge >= 0.3 is 0 Å². The maximum Gasteiger partial charge on any atom is 0.123 e. The predicted octanol–water partition coefficient (Wildman–Crippen LogP) is 1.59. The molecule has 1 aliphatic rings. The molecule has 0 atom stereocenters. The molecule has 0 bridgehead atoms. The summed E-state index contributed by atoms with van der Waals surface area (Å²) in [5, 5.41) is 8.61. The topological polar surface area (TPSA) is 32.7 Å². The first-order valence-electron chi connectivity index (χ1n) is 6.03. The molecule has 0 spiro atoms. The minimum atomic E-state index is -0.165. The van der Waals surface area contributed by atoms with Crippen molar-refractivity contribution in [1.82, 2.24) is 0 Å². The number of benzene rings is 1. The second kappa shape index (κ2) is 5.98. The Labute approximate surface area is 101 Å². The summed E-state index contributed by atoms with van der Waals surface area (Å²) in [5.41, 5.74) is 2.20. The SMILES string of the molecule is OCCOCCN1CCCc2cc(F)ccc21. The third-order valence-electron chi connectivity index (χ3n) is 3.00. The molecule has 0 unspecified atom stereocenters. The minimum Gasteiger partial charge on any atom is -0.394 e. The summed E-state index contributed by atoms with van der Waals surface area (Å²) < 4.78 is 18.4. The van der Waals surface area contributed by atoms with Crippen LogP contribution in [0.15, 0.2) is 18.2 Å². The normalized spacial score (nSPS) is 14.8. The van der Waals surface area contributed by atoms with Crippen molar-refractivity contribution >= 4 is 5.69 Å². The highest BCUT2D eigenvalue weighted by atomic mass is 19.1. The van der Waals surface area contributed by atoms with Crippen molar-refractivity contribution in [3.8, 4) is 0 Å². The number of halogens is 1. The fourth-order valence-corrected chi connectivity index (χ4v) is 2.22. The number of aliphatic hydroxyl groups excluding tert-OH is 1. The first-order chi connectivity index (χ1) is 8.31. The van der Waals surface area contributed by atoms with Crippen LogP contribution in [0.3, 0.4) is 0 Å². The van der Waals surface area contributed by atoms with E-state index in [9.17, 15) is 4.39 Å². The minimum absolute atomic E-state index is 0.0573. The number of ether oxygens (including phenoxy) is 1. The molecule has 2 rings (SSSR count). The van der Waals surface area contributed by atoms with Crippen molar-refractivity contribution in [2.45, 2.75) is 12.8 Å². The molecule has 0 aliphatic carbocycles. The molecule has 0 fully saturated rings. The van der Waals surface area contributed by atoms with Crippen LogP contribution in [0, 0.1) is 5.82 Å². The van der Waals surface area contributed by atoms with Crippen molar-refractivity contribution in [3.63, 3.8) is 0 Å². The molecule has 0 saturated carbocycles. The molecule has 0 saturated heterocycles. The van der Waals surface area contributed by atoms with Crippen molar-refractivity contribution in [3.05, 3.63) is 29.6 Å². The number of aryl methyl sites for hydroxylation is 1. The quantitative estimate of drug-likeness (QED) is 0.792. The summed E-state index contributed by atoms with van der Waals surface area (Å²) in [6, 6.07) is 4.97. The van der Waals surface area contributed by atoms with E-state index in [4.69, 9.17) is 9.84 Å². The molecule has 3 nitrogen and oxygen atoms in total. The van der Waals surface area contributed by atoms with Crippen molar-refractivity contribution in [2.24, 2.45) is 0 Å². The van der Waals surface area contributed by atoms with Crippen LogP contribution in [0.2, 0.25) is 0 Å². The Bertz CT molecular complexity index is 370. The number of hydrogen-bond acceptors (Lipinski definition) is 3. The number of aliphatic hydroxyl groups is 1. The fourth-order valence-electron chi connectivity index (χ4n) is 2.22. The summed E-state index contributed by atoms with van der Waals surface area (Å²) in [7, 11) is 0. The highest BCUT2D eigenvalue weighted by Gasteiger charge is 2.16. The van der Waals surface area contributed by atoms with Crippen LogP contribution in [-0.2, 0) is 11.2 Å². The standard InChI is InChI=1S/C13H18FNO2/c14-12-3-4-13-11(10-12)2-1-5-15(13)6-8-17-9-7-16/h3-4,10,16H,1-2,5-9H2. The monoisotopic (exact) mass is 239 g/mol. The van der Waals surface area contributed by atoms with Gasteiger partial charge in [0, 0.05) is 18.8 Å². The molecule has 0 aromatic heterocycles. The summed E-state index contributed by atoms with van der Waals surface area (Å²) in [5.74, 6) is -0.165. The first kappa shape index (κ1) is 12.3. The van der Waals surface area contributed by atoms with Crippen LogP contribution in [-0.4, -0.2) is 38.0 Å². The van der Waals surface area contributed by atoms with Crippen LogP contribution in [0.25, 0.3) is 0 Å². The highest BCUT2D eigenvalue weighted by molar-refractivity contribution is 5.55. The molecule has 94 valence electrons. The van der Waals surface area contributed by atoms with Crippen molar-refractivity contribution < 1.29 is 14.2 Å². The average Bonchev–Trinajstić information content (AvgIpc) is 2.34. The molecule has 1 aromatic rings. The van der Waals surface area contributed by atoms with E-state index >= 15 is 0 Å². The smallest absolute Gasteiger partial charge is 0.123 e. The van der Waals surface area contributed by atoms with E-state index in [0.29, 0.717) is 13.2 Å². The fraction of sp³-hybridized carbons (Fsp3) is 0.538. The van der Waals surface area contributed by atoms with Gasteiger partial charge in [0.15, 0.2) is 0 Å². The lowest BCUT2D eigenvalue weighted by Crippen LogP contribution is -2.32. The number of anilines is 1. The lowest BCUT2D eigenvalue weighted by atomic mass is 10.0. The molecule has 0 radical (unpaired) electrons. The molecule has 0 amide bonds. The molecular formula is C13H18FNO2. The molecule has 17 heavy (non-hydrogen) atoms. The maximum absolute atomic E-state index is 13.1. The number of hydrogen-bond donors (Lipinski definition) is 1. The summed E-state index contributed by atoms with van der Waals surface area (Å²) in [6.07, 6.45) is 2.00. The number of fused-ring (bicyclic) bond motifs is 1. The second-order valence-corrected chi connectivity index (χ2v) is 4.20. The second-order valence-electron chi connectivity index (χ2n) is 4.20. The van der Waals surface area contributed by atoms with E-state index in [1.165, 1.54) is 6.07 Å². The Hall–Kier alpha value is -1.13. The van der Waals surface area contributed by atoms with Gasteiger partial charge in [-0.15, -0.1) is 0 Å². The molecule has 4 heteroatoms. The molecule has 1 N–H and O–H groups in total. The van der Waals surface area contributed by atoms with Gasteiger partial charge in [-0.3, -0.25) is 0 Å². The predicted molar refractivity (Wildman–Crippen MR) is 64.8 cm³/mol. The summed E-state index contributed by atoms with van der Waals surface area (Å²) in [4.78, 5) is 2.22. The molecule has 1 heterocycles. The van der Waals surface area contributed by atoms with E-state index in [2.05, 4.69) is 4.90 Å². The number of nitrogens with zero attached hydrogens (tertiary/aromatic N) is 1. The van der Waals surface area contributed by atoms with Crippen LogP contribution >= 0.6 is 0 Å². The lowest BCUT2D eigenvalue weighted by Gasteiger charge is -2.31. The Morgan fingerprint density at radius 3 is 3.06 bits per heavy atom. The Kier molecular flexibility index (Phi) is 4.34. The number of rotatable bonds is 5. The van der Waals surface area contributed by atoms with Gasteiger partial charge in [-0.2, -0.15) is 0 Å². The Balaban J connectivity index is 1.97. The zero-order chi connectivity index (χ0) is 12.1. The van der Waals surface area contributed by atoms with Crippen molar-refractivity contribution in [2.75, 3.05) is 37.8 Å². The first-order valence-corrected chi connectivity index (χ1v) is 6.03. The highest BCUT2D eigenvalue weighted by Crippen LogP contribution is 2.27. The summed E-state index contributed by atoms with van der Waals surface area (Å²) in [6.45, 7) is 2.81. The van der Waals surface area contributed by atoms with E-state index in [1.54, 1.807) is 6.07 Å². The van der Waals surface area contributed by atoms with E-state index in [0.717, 1.165) is 37.2 Å². The molecule has 1 aromatic carbocycles. The van der Waals surface area contributed by atoms with Gasteiger partial charge in [0.05, 0.1) is 19.8 Å². The van der Waals surface area contributed by atoms with Crippen LogP contribution in [0.4, 0.5) is 10.1 Å². The Morgan fingerprint density at radius 2 is 2.24 bits per heavy atom. The summed E-state index contributed by atoms with van der Waals surface area (Å²) >= 11 is 0. The maximum atomic E-state index is 13.1. The largest absolute Gasteiger partial charge is 0.394 e. The van der Waals surface area contributed by atoms with Crippen LogP contribution in [0.1, 0.15) is 12.0 Å². The zero-order valence-corrected chi connectivity index (χ0v) is 9.86. The third kappa shape index (κ3) is 3.17.